The van der Waals surface area contributed by atoms with E-state index in [0.717, 1.165) is 11.4 Å². The minimum Gasteiger partial charge on any atom is -0.371 e. The van der Waals surface area contributed by atoms with Gasteiger partial charge in [0.15, 0.2) is 0 Å². The van der Waals surface area contributed by atoms with Crippen LogP contribution in [-0.4, -0.2) is 13.1 Å². The smallest absolute Gasteiger partial charge is 0.0406 e. The highest BCUT2D eigenvalue weighted by Gasteiger charge is 2.24. The Bertz CT molecular complexity index is 1410. The van der Waals surface area contributed by atoms with Crippen LogP contribution in [0.2, 0.25) is 5.02 Å². The molecule has 2 heteroatoms. The zero-order valence-corrected chi connectivity index (χ0v) is 21.0. The van der Waals surface area contributed by atoms with Crippen LogP contribution in [0.5, 0.6) is 0 Å². The summed E-state index contributed by atoms with van der Waals surface area (Å²) in [7, 11) is 2.21. The third-order valence-corrected chi connectivity index (χ3v) is 7.37. The Hall–Kier alpha value is -3.55. The minimum atomic E-state index is 0.276. The van der Waals surface area contributed by atoms with Gasteiger partial charge in [0, 0.05) is 29.7 Å². The van der Waals surface area contributed by atoms with E-state index in [2.05, 4.69) is 128 Å². The monoisotopic (exact) mass is 475 g/mol. The fourth-order valence-electron chi connectivity index (χ4n) is 4.94. The Morgan fingerprint density at radius 2 is 1.34 bits per heavy atom. The summed E-state index contributed by atoms with van der Waals surface area (Å²) in [6, 6.07) is 43.5. The second-order valence-corrected chi connectivity index (χ2v) is 9.75. The Labute approximate surface area is 213 Å². The second-order valence-electron chi connectivity index (χ2n) is 9.31. The van der Waals surface area contributed by atoms with Gasteiger partial charge in [0.2, 0.25) is 0 Å². The largest absolute Gasteiger partial charge is 0.371 e. The molecule has 5 aromatic carbocycles. The maximum Gasteiger partial charge on any atom is 0.0406 e. The summed E-state index contributed by atoms with van der Waals surface area (Å²) in [5.74, 6) is 0.301. The van der Waals surface area contributed by atoms with Gasteiger partial charge in [-0.25, -0.2) is 0 Å². The van der Waals surface area contributed by atoms with E-state index < -0.39 is 0 Å². The quantitative estimate of drug-likeness (QED) is 0.227. The fourth-order valence-corrected chi connectivity index (χ4v) is 5.07. The molecule has 0 heterocycles. The van der Waals surface area contributed by atoms with Crippen molar-refractivity contribution in [2.45, 2.75) is 25.3 Å². The van der Waals surface area contributed by atoms with E-state index in [9.17, 15) is 0 Å². The van der Waals surface area contributed by atoms with Gasteiger partial charge >= 0.3 is 0 Å². The predicted molar refractivity (Wildman–Crippen MR) is 152 cm³/mol. The third kappa shape index (κ3) is 5.26. The molecule has 35 heavy (non-hydrogen) atoms. The number of benzene rings is 5. The van der Waals surface area contributed by atoms with Crippen LogP contribution in [0.1, 0.15) is 24.0 Å². The van der Waals surface area contributed by atoms with E-state index in [1.54, 1.807) is 0 Å². The standard InChI is InChI=1S/C33H30ClN/c1-24(35(2)32-20-17-27-12-6-7-13-30(27)23-32)33(28-15-18-31(34)19-16-28)22-25-9-8-14-29(21-25)26-10-4-3-5-11-26/h3-21,23-24,33H,22H2,1-2H3. The van der Waals surface area contributed by atoms with Crippen LogP contribution in [0.15, 0.2) is 121 Å². The summed E-state index contributed by atoms with van der Waals surface area (Å²) >= 11 is 6.25. The SMILES string of the molecule is CC(C(Cc1cccc(-c2ccccc2)c1)c1ccc(Cl)cc1)N(C)c1ccc2ccccc2c1. The number of anilines is 1. The number of fused-ring (bicyclic) bond motifs is 1. The molecule has 0 fully saturated rings. The topological polar surface area (TPSA) is 3.24 Å². The molecule has 0 aliphatic carbocycles. The van der Waals surface area contributed by atoms with Crippen molar-refractivity contribution in [3.05, 3.63) is 137 Å². The van der Waals surface area contributed by atoms with Crippen molar-refractivity contribution in [2.75, 3.05) is 11.9 Å². The van der Waals surface area contributed by atoms with Crippen molar-refractivity contribution < 1.29 is 0 Å². The number of hydrogen-bond acceptors (Lipinski definition) is 1. The van der Waals surface area contributed by atoms with Crippen molar-refractivity contribution in [2.24, 2.45) is 0 Å². The lowest BCUT2D eigenvalue weighted by molar-refractivity contribution is 0.540. The zero-order valence-electron chi connectivity index (χ0n) is 20.2. The lowest BCUT2D eigenvalue weighted by Gasteiger charge is -2.34. The second kappa shape index (κ2) is 10.4. The minimum absolute atomic E-state index is 0.276. The number of nitrogens with zero attached hydrogens (tertiary/aromatic N) is 1. The highest BCUT2D eigenvalue weighted by molar-refractivity contribution is 6.30. The molecule has 5 aromatic rings. The number of rotatable bonds is 7. The maximum atomic E-state index is 6.25. The van der Waals surface area contributed by atoms with Crippen LogP contribution < -0.4 is 4.90 Å². The maximum absolute atomic E-state index is 6.25. The normalized spacial score (nSPS) is 12.9. The molecule has 0 spiro atoms. The van der Waals surface area contributed by atoms with Gasteiger partial charge in [0.25, 0.3) is 0 Å². The Morgan fingerprint density at radius 3 is 2.11 bits per heavy atom. The van der Waals surface area contributed by atoms with Gasteiger partial charge in [-0.15, -0.1) is 0 Å². The molecule has 5 rings (SSSR count). The highest BCUT2D eigenvalue weighted by atomic mass is 35.5. The fraction of sp³-hybridized carbons (Fsp3) is 0.152. The lowest BCUT2D eigenvalue weighted by Crippen LogP contribution is -2.35. The molecule has 0 radical (unpaired) electrons. The van der Waals surface area contributed by atoms with E-state index >= 15 is 0 Å². The third-order valence-electron chi connectivity index (χ3n) is 7.12. The Morgan fingerprint density at radius 1 is 0.657 bits per heavy atom. The van der Waals surface area contributed by atoms with Gasteiger partial charge in [-0.2, -0.15) is 0 Å². The van der Waals surface area contributed by atoms with Crippen molar-refractivity contribution in [3.63, 3.8) is 0 Å². The molecule has 0 saturated carbocycles. The first-order chi connectivity index (χ1) is 17.1. The number of hydrogen-bond donors (Lipinski definition) is 0. The summed E-state index contributed by atoms with van der Waals surface area (Å²) < 4.78 is 0. The average molecular weight is 476 g/mol. The van der Waals surface area contributed by atoms with Crippen molar-refractivity contribution in [3.8, 4) is 11.1 Å². The van der Waals surface area contributed by atoms with Crippen LogP contribution in [0.25, 0.3) is 21.9 Å². The Balaban J connectivity index is 1.48. The first kappa shape index (κ1) is 23.2. The lowest BCUT2D eigenvalue weighted by atomic mass is 9.85. The molecule has 0 aliphatic rings. The van der Waals surface area contributed by atoms with E-state index in [4.69, 9.17) is 11.6 Å². The van der Waals surface area contributed by atoms with Gasteiger partial charge in [0.05, 0.1) is 0 Å². The molecule has 0 N–H and O–H groups in total. The molecule has 0 aliphatic heterocycles. The summed E-state index contributed by atoms with van der Waals surface area (Å²) in [5, 5.41) is 3.31. The molecule has 1 nitrogen and oxygen atoms in total. The van der Waals surface area contributed by atoms with Gasteiger partial charge < -0.3 is 4.90 Å². The molecule has 0 aromatic heterocycles. The van der Waals surface area contributed by atoms with E-state index in [1.807, 2.05) is 12.1 Å². The first-order valence-electron chi connectivity index (χ1n) is 12.2. The summed E-state index contributed by atoms with van der Waals surface area (Å²) in [6.45, 7) is 2.33. The van der Waals surface area contributed by atoms with Crippen LogP contribution in [0.3, 0.4) is 0 Å². The first-order valence-corrected chi connectivity index (χ1v) is 12.6. The summed E-state index contributed by atoms with van der Waals surface area (Å²) in [4.78, 5) is 2.41. The zero-order chi connectivity index (χ0) is 24.2. The van der Waals surface area contributed by atoms with Crippen molar-refractivity contribution >= 4 is 28.1 Å². The molecule has 0 amide bonds. The van der Waals surface area contributed by atoms with Crippen molar-refractivity contribution in [1.82, 2.24) is 0 Å². The molecule has 2 unspecified atom stereocenters. The Kier molecular flexibility index (Phi) is 6.88. The molecule has 0 saturated heterocycles. The highest BCUT2D eigenvalue weighted by Crippen LogP contribution is 2.33. The molecule has 0 bridgehead atoms. The van der Waals surface area contributed by atoms with E-state index in [1.165, 1.54) is 38.7 Å². The molecule has 174 valence electrons. The predicted octanol–water partition coefficient (Wildman–Crippen LogP) is 9.01. The molecular formula is C33H30ClN. The van der Waals surface area contributed by atoms with Gasteiger partial charge in [0.1, 0.15) is 0 Å². The van der Waals surface area contributed by atoms with E-state index in [0.29, 0.717) is 5.92 Å². The van der Waals surface area contributed by atoms with Crippen molar-refractivity contribution in [1.29, 1.82) is 0 Å². The van der Waals surface area contributed by atoms with Crippen LogP contribution in [-0.2, 0) is 6.42 Å². The summed E-state index contributed by atoms with van der Waals surface area (Å²) in [6.07, 6.45) is 0.946. The van der Waals surface area contributed by atoms with Gasteiger partial charge in [-0.05, 0) is 70.6 Å². The summed E-state index contributed by atoms with van der Waals surface area (Å²) in [5.41, 5.74) is 6.38. The van der Waals surface area contributed by atoms with Crippen LogP contribution in [0, 0.1) is 0 Å². The number of halogens is 1. The number of likely N-dealkylation sites (N-methyl/N-ethyl adjacent to an activating group) is 1. The van der Waals surface area contributed by atoms with Gasteiger partial charge in [-0.3, -0.25) is 0 Å². The molecule has 2 atom stereocenters. The van der Waals surface area contributed by atoms with E-state index in [-0.39, 0.29) is 6.04 Å². The van der Waals surface area contributed by atoms with Crippen LogP contribution in [0.4, 0.5) is 5.69 Å². The van der Waals surface area contributed by atoms with Crippen LogP contribution >= 0.6 is 11.6 Å². The molecular weight excluding hydrogens is 446 g/mol. The average Bonchev–Trinajstić information content (AvgIpc) is 2.92. The van der Waals surface area contributed by atoms with Gasteiger partial charge in [-0.1, -0.05) is 109 Å².